The highest BCUT2D eigenvalue weighted by Gasteiger charge is 2.28. The summed E-state index contributed by atoms with van der Waals surface area (Å²) < 4.78 is 0. The van der Waals surface area contributed by atoms with Gasteiger partial charge in [0.05, 0.1) is 6.54 Å². The molecule has 1 saturated heterocycles. The van der Waals surface area contributed by atoms with Crippen LogP contribution in [0.25, 0.3) is 0 Å². The van der Waals surface area contributed by atoms with Crippen molar-refractivity contribution in [2.24, 2.45) is 11.7 Å². The van der Waals surface area contributed by atoms with Crippen molar-refractivity contribution in [3.63, 3.8) is 0 Å². The first-order chi connectivity index (χ1) is 11.9. The SMILES string of the molecule is CC(CN)C(=O)Nc1ccc(NC(=O)CCN2C(=O)CNC2=O)cc1.Cl. The van der Waals surface area contributed by atoms with Crippen LogP contribution in [0.2, 0.25) is 0 Å². The fraction of sp³-hybridized carbons (Fsp3) is 0.375. The first-order valence-corrected chi connectivity index (χ1v) is 7.89. The molecular weight excluding hydrogens is 362 g/mol. The third-order valence-corrected chi connectivity index (χ3v) is 3.74. The fourth-order valence-electron chi connectivity index (χ4n) is 2.13. The first kappa shape index (κ1) is 21.4. The molecule has 1 aromatic carbocycles. The van der Waals surface area contributed by atoms with Crippen LogP contribution in [0.5, 0.6) is 0 Å². The number of carbonyl (C=O) groups excluding carboxylic acids is 4. The van der Waals surface area contributed by atoms with E-state index in [0.29, 0.717) is 11.4 Å². The second kappa shape index (κ2) is 9.73. The number of nitrogens with one attached hydrogen (secondary N) is 3. The third-order valence-electron chi connectivity index (χ3n) is 3.74. The molecule has 0 spiro atoms. The Morgan fingerprint density at radius 2 is 1.77 bits per heavy atom. The molecule has 10 heteroatoms. The van der Waals surface area contributed by atoms with Crippen LogP contribution in [-0.2, 0) is 14.4 Å². The second-order valence-electron chi connectivity index (χ2n) is 5.71. The standard InChI is InChI=1S/C16H21N5O4.ClH/c1-10(8-17)15(24)20-12-4-2-11(3-5-12)19-13(22)6-7-21-14(23)9-18-16(21)25;/h2-5,10H,6-9,17H2,1H3,(H,18,25)(H,19,22)(H,20,24);1H. The van der Waals surface area contributed by atoms with Crippen LogP contribution in [0, 0.1) is 5.92 Å². The molecule has 1 heterocycles. The number of imide groups is 1. The molecule has 1 aliphatic heterocycles. The van der Waals surface area contributed by atoms with Crippen LogP contribution in [0.1, 0.15) is 13.3 Å². The van der Waals surface area contributed by atoms with E-state index in [9.17, 15) is 19.2 Å². The lowest BCUT2D eigenvalue weighted by atomic mass is 10.1. The van der Waals surface area contributed by atoms with E-state index in [1.165, 1.54) is 0 Å². The minimum atomic E-state index is -0.482. The number of benzene rings is 1. The number of halogens is 1. The van der Waals surface area contributed by atoms with Crippen LogP contribution in [0.15, 0.2) is 24.3 Å². The lowest BCUT2D eigenvalue weighted by Gasteiger charge is -2.13. The minimum Gasteiger partial charge on any atom is -0.330 e. The molecule has 0 aromatic heterocycles. The zero-order valence-electron chi connectivity index (χ0n) is 14.3. The smallest absolute Gasteiger partial charge is 0.324 e. The topological polar surface area (TPSA) is 134 Å². The predicted octanol–water partition coefficient (Wildman–Crippen LogP) is 0.522. The number of nitrogens with two attached hydrogens (primary N) is 1. The van der Waals surface area contributed by atoms with Crippen molar-refractivity contribution in [2.45, 2.75) is 13.3 Å². The van der Waals surface area contributed by atoms with E-state index in [2.05, 4.69) is 16.0 Å². The van der Waals surface area contributed by atoms with Crippen LogP contribution in [-0.4, -0.2) is 48.3 Å². The Kier molecular flexibility index (Phi) is 8.01. The summed E-state index contributed by atoms with van der Waals surface area (Å²) in [5.74, 6) is -1.12. The largest absolute Gasteiger partial charge is 0.330 e. The van der Waals surface area contributed by atoms with Crippen molar-refractivity contribution >= 4 is 47.5 Å². The average Bonchev–Trinajstić information content (AvgIpc) is 2.92. The van der Waals surface area contributed by atoms with Gasteiger partial charge in [-0.25, -0.2) is 4.79 Å². The van der Waals surface area contributed by atoms with Crippen molar-refractivity contribution in [3.8, 4) is 0 Å². The molecule has 26 heavy (non-hydrogen) atoms. The van der Waals surface area contributed by atoms with Crippen LogP contribution in [0.3, 0.4) is 0 Å². The fourth-order valence-corrected chi connectivity index (χ4v) is 2.13. The van der Waals surface area contributed by atoms with Gasteiger partial charge in [-0.1, -0.05) is 6.92 Å². The van der Waals surface area contributed by atoms with Gasteiger partial charge in [0.2, 0.25) is 17.7 Å². The van der Waals surface area contributed by atoms with E-state index in [0.717, 1.165) is 4.90 Å². The molecule has 1 unspecified atom stereocenters. The predicted molar refractivity (Wildman–Crippen MR) is 98.9 cm³/mol. The van der Waals surface area contributed by atoms with E-state index in [1.807, 2.05) is 0 Å². The van der Waals surface area contributed by atoms with Gasteiger partial charge in [-0.2, -0.15) is 0 Å². The number of nitrogens with zero attached hydrogens (tertiary/aromatic N) is 1. The second-order valence-corrected chi connectivity index (χ2v) is 5.71. The van der Waals surface area contributed by atoms with Gasteiger partial charge >= 0.3 is 6.03 Å². The number of carbonyl (C=O) groups is 4. The van der Waals surface area contributed by atoms with Crippen molar-refractivity contribution in [1.82, 2.24) is 10.2 Å². The van der Waals surface area contributed by atoms with Gasteiger partial charge < -0.3 is 21.7 Å². The lowest BCUT2D eigenvalue weighted by Crippen LogP contribution is -2.33. The summed E-state index contributed by atoms with van der Waals surface area (Å²) in [6, 6.07) is 6.13. The van der Waals surface area contributed by atoms with E-state index in [-0.39, 0.29) is 62.1 Å². The normalized spacial score (nSPS) is 14.3. The summed E-state index contributed by atoms with van der Waals surface area (Å²) in [6.07, 6.45) is 0.00562. The van der Waals surface area contributed by atoms with Gasteiger partial charge in [-0.05, 0) is 24.3 Å². The van der Waals surface area contributed by atoms with Crippen LogP contribution in [0.4, 0.5) is 16.2 Å². The molecule has 0 radical (unpaired) electrons. The maximum absolute atomic E-state index is 11.9. The molecule has 2 rings (SSSR count). The highest BCUT2D eigenvalue weighted by atomic mass is 35.5. The summed E-state index contributed by atoms with van der Waals surface area (Å²) >= 11 is 0. The van der Waals surface area contributed by atoms with Crippen molar-refractivity contribution < 1.29 is 19.2 Å². The van der Waals surface area contributed by atoms with Crippen molar-refractivity contribution in [1.29, 1.82) is 0 Å². The summed E-state index contributed by atoms with van der Waals surface area (Å²) in [6.45, 7) is 1.99. The Balaban J connectivity index is 0.00000338. The molecule has 1 aromatic rings. The van der Waals surface area contributed by atoms with Crippen molar-refractivity contribution in [2.75, 3.05) is 30.3 Å². The summed E-state index contributed by atoms with van der Waals surface area (Å²) in [5.41, 5.74) is 6.59. The Bertz CT molecular complexity index is 664. The molecule has 0 saturated carbocycles. The summed E-state index contributed by atoms with van der Waals surface area (Å²) in [4.78, 5) is 47.5. The monoisotopic (exact) mass is 383 g/mol. The van der Waals surface area contributed by atoms with Crippen LogP contribution >= 0.6 is 12.4 Å². The maximum Gasteiger partial charge on any atom is 0.324 e. The van der Waals surface area contributed by atoms with E-state index in [1.54, 1.807) is 31.2 Å². The summed E-state index contributed by atoms with van der Waals surface area (Å²) in [7, 11) is 0. The number of amides is 5. The Labute approximate surface area is 157 Å². The van der Waals surface area contributed by atoms with Gasteiger partial charge in [0, 0.05) is 36.8 Å². The molecule has 9 nitrogen and oxygen atoms in total. The molecule has 5 N–H and O–H groups in total. The number of anilines is 2. The molecule has 0 bridgehead atoms. The van der Waals surface area contributed by atoms with Gasteiger partial charge in [0.1, 0.15) is 0 Å². The highest BCUT2D eigenvalue weighted by molar-refractivity contribution is 6.02. The minimum absolute atomic E-state index is 0. The van der Waals surface area contributed by atoms with Gasteiger partial charge in [0.15, 0.2) is 0 Å². The van der Waals surface area contributed by atoms with Gasteiger partial charge in [-0.15, -0.1) is 12.4 Å². The quantitative estimate of drug-likeness (QED) is 0.509. The zero-order chi connectivity index (χ0) is 18.4. The van der Waals surface area contributed by atoms with E-state index in [4.69, 9.17) is 5.73 Å². The maximum atomic E-state index is 11.9. The average molecular weight is 384 g/mol. The summed E-state index contributed by atoms with van der Waals surface area (Å²) in [5, 5.41) is 7.78. The zero-order valence-corrected chi connectivity index (χ0v) is 15.1. The molecule has 1 aliphatic rings. The number of urea groups is 1. The van der Waals surface area contributed by atoms with Gasteiger partial charge in [-0.3, -0.25) is 19.3 Å². The number of hydrogen-bond acceptors (Lipinski definition) is 5. The van der Waals surface area contributed by atoms with Gasteiger partial charge in [0.25, 0.3) is 0 Å². The Morgan fingerprint density at radius 1 is 1.19 bits per heavy atom. The van der Waals surface area contributed by atoms with E-state index < -0.39 is 6.03 Å². The third kappa shape index (κ3) is 5.71. The van der Waals surface area contributed by atoms with E-state index >= 15 is 0 Å². The number of hydrogen-bond donors (Lipinski definition) is 4. The lowest BCUT2D eigenvalue weighted by molar-refractivity contribution is -0.125. The highest BCUT2D eigenvalue weighted by Crippen LogP contribution is 2.15. The molecular formula is C16H22ClN5O4. The molecule has 1 atom stereocenters. The molecule has 1 fully saturated rings. The molecule has 0 aliphatic carbocycles. The molecule has 142 valence electrons. The Hall–Kier alpha value is -2.65. The first-order valence-electron chi connectivity index (χ1n) is 7.89. The number of rotatable bonds is 7. The van der Waals surface area contributed by atoms with Crippen molar-refractivity contribution in [3.05, 3.63) is 24.3 Å². The molecule has 5 amide bonds. The Morgan fingerprint density at radius 3 is 2.27 bits per heavy atom. The van der Waals surface area contributed by atoms with Crippen LogP contribution < -0.4 is 21.7 Å².